The molecule has 0 fully saturated rings. The highest BCUT2D eigenvalue weighted by molar-refractivity contribution is 9.10. The van der Waals surface area contributed by atoms with E-state index in [0.29, 0.717) is 0 Å². The molecule has 0 atom stereocenters. The fourth-order valence-corrected chi connectivity index (χ4v) is 1.88. The Morgan fingerprint density at radius 1 is 1.21 bits per heavy atom. The molecule has 1 aromatic rings. The van der Waals surface area contributed by atoms with Crippen LogP contribution in [0.25, 0.3) is 0 Å². The van der Waals surface area contributed by atoms with E-state index < -0.39 is 0 Å². The minimum Gasteiger partial charge on any atom is -0.385 e. The topological polar surface area (TPSA) is 12.0 Å². The molecule has 0 saturated carbocycles. The van der Waals surface area contributed by atoms with Crippen LogP contribution in [0.5, 0.6) is 0 Å². The van der Waals surface area contributed by atoms with Gasteiger partial charge in [0.15, 0.2) is 0 Å². The summed E-state index contributed by atoms with van der Waals surface area (Å²) in [6.45, 7) is 5.45. The van der Waals surface area contributed by atoms with E-state index in [0.717, 1.165) is 13.0 Å². The Morgan fingerprint density at radius 3 is 2.64 bits per heavy atom. The van der Waals surface area contributed by atoms with Crippen molar-refractivity contribution in [2.45, 2.75) is 33.1 Å². The molecule has 0 aliphatic rings. The van der Waals surface area contributed by atoms with Crippen molar-refractivity contribution in [2.24, 2.45) is 0 Å². The van der Waals surface area contributed by atoms with Crippen LogP contribution in [-0.2, 0) is 6.42 Å². The lowest BCUT2D eigenvalue weighted by Gasteiger charge is -2.11. The Bertz CT molecular complexity index is 284. The van der Waals surface area contributed by atoms with Gasteiger partial charge in [-0.05, 0) is 36.6 Å². The molecule has 0 spiro atoms. The first kappa shape index (κ1) is 11.6. The van der Waals surface area contributed by atoms with Gasteiger partial charge in [0.1, 0.15) is 0 Å². The van der Waals surface area contributed by atoms with Crippen LogP contribution in [0.2, 0.25) is 0 Å². The van der Waals surface area contributed by atoms with Crippen LogP contribution in [0.1, 0.15) is 32.3 Å². The third kappa shape index (κ3) is 3.33. The molecule has 0 aliphatic carbocycles. The number of rotatable bonds is 5. The second-order valence-corrected chi connectivity index (χ2v) is 4.39. The molecule has 0 radical (unpaired) electrons. The minimum absolute atomic E-state index is 1.05. The molecule has 0 amide bonds. The molecule has 0 heterocycles. The maximum atomic E-state index is 3.51. The van der Waals surface area contributed by atoms with Crippen molar-refractivity contribution < 1.29 is 0 Å². The lowest BCUT2D eigenvalue weighted by molar-refractivity contribution is 0.912. The molecule has 1 N–H and O–H groups in total. The molecule has 0 unspecified atom stereocenters. The van der Waals surface area contributed by atoms with E-state index in [1.165, 1.54) is 28.6 Å². The van der Waals surface area contributed by atoms with E-state index in [-0.39, 0.29) is 0 Å². The molecule has 2 heteroatoms. The summed E-state index contributed by atoms with van der Waals surface area (Å²) in [5.74, 6) is 0. The molecule has 0 saturated heterocycles. The van der Waals surface area contributed by atoms with Crippen LogP contribution < -0.4 is 5.32 Å². The Labute approximate surface area is 95.0 Å². The van der Waals surface area contributed by atoms with Crippen LogP contribution in [0.3, 0.4) is 0 Å². The average Bonchev–Trinajstić information content (AvgIpc) is 2.17. The van der Waals surface area contributed by atoms with Crippen molar-refractivity contribution >= 4 is 21.6 Å². The van der Waals surface area contributed by atoms with E-state index in [1.807, 2.05) is 0 Å². The van der Waals surface area contributed by atoms with Gasteiger partial charge in [0.05, 0.1) is 0 Å². The monoisotopic (exact) mass is 255 g/mol. The second-order valence-electron chi connectivity index (χ2n) is 3.48. The SMILES string of the molecule is CCCNc1ccc(Br)cc1CCC. The predicted octanol–water partition coefficient (Wildman–Crippen LogP) is 4.22. The largest absolute Gasteiger partial charge is 0.385 e. The van der Waals surface area contributed by atoms with Crippen molar-refractivity contribution in [1.82, 2.24) is 0 Å². The van der Waals surface area contributed by atoms with Crippen molar-refractivity contribution in [3.05, 3.63) is 28.2 Å². The molecular weight excluding hydrogens is 238 g/mol. The Balaban J connectivity index is 2.78. The molecule has 1 aromatic carbocycles. The van der Waals surface area contributed by atoms with Gasteiger partial charge in [-0.2, -0.15) is 0 Å². The summed E-state index contributed by atoms with van der Waals surface area (Å²) in [6, 6.07) is 6.46. The highest BCUT2D eigenvalue weighted by Gasteiger charge is 2.01. The highest BCUT2D eigenvalue weighted by Crippen LogP contribution is 2.22. The number of halogens is 1. The summed E-state index contributed by atoms with van der Waals surface area (Å²) in [7, 11) is 0. The first-order chi connectivity index (χ1) is 6.77. The third-order valence-corrected chi connectivity index (χ3v) is 2.65. The zero-order chi connectivity index (χ0) is 10.4. The standard InChI is InChI=1S/C12H18BrN/c1-3-5-10-9-11(13)6-7-12(10)14-8-4-2/h6-7,9,14H,3-5,8H2,1-2H3. The van der Waals surface area contributed by atoms with Gasteiger partial charge in [0.2, 0.25) is 0 Å². The molecule has 1 nitrogen and oxygen atoms in total. The fourth-order valence-electron chi connectivity index (χ4n) is 1.47. The van der Waals surface area contributed by atoms with E-state index in [1.54, 1.807) is 0 Å². The number of aryl methyl sites for hydroxylation is 1. The summed E-state index contributed by atoms with van der Waals surface area (Å²) in [6.07, 6.45) is 3.50. The molecule has 78 valence electrons. The first-order valence-corrected chi connectivity index (χ1v) is 6.09. The van der Waals surface area contributed by atoms with Gasteiger partial charge in [-0.1, -0.05) is 36.2 Å². The number of hydrogen-bond donors (Lipinski definition) is 1. The molecule has 0 aliphatic heterocycles. The molecular formula is C12H18BrN. The fraction of sp³-hybridized carbons (Fsp3) is 0.500. The highest BCUT2D eigenvalue weighted by atomic mass is 79.9. The van der Waals surface area contributed by atoms with Gasteiger partial charge in [0.25, 0.3) is 0 Å². The Morgan fingerprint density at radius 2 is 2.00 bits per heavy atom. The van der Waals surface area contributed by atoms with E-state index in [2.05, 4.69) is 53.3 Å². The number of benzene rings is 1. The van der Waals surface area contributed by atoms with Crippen molar-refractivity contribution in [3.63, 3.8) is 0 Å². The number of anilines is 1. The lowest BCUT2D eigenvalue weighted by atomic mass is 10.1. The van der Waals surface area contributed by atoms with Gasteiger partial charge >= 0.3 is 0 Å². The van der Waals surface area contributed by atoms with Crippen molar-refractivity contribution in [3.8, 4) is 0 Å². The number of nitrogens with one attached hydrogen (secondary N) is 1. The van der Waals surface area contributed by atoms with Crippen molar-refractivity contribution in [2.75, 3.05) is 11.9 Å². The smallest absolute Gasteiger partial charge is 0.0373 e. The normalized spacial score (nSPS) is 10.2. The summed E-state index contributed by atoms with van der Waals surface area (Å²) in [5, 5.41) is 3.45. The maximum absolute atomic E-state index is 3.51. The van der Waals surface area contributed by atoms with E-state index in [9.17, 15) is 0 Å². The van der Waals surface area contributed by atoms with Gasteiger partial charge in [-0.25, -0.2) is 0 Å². The van der Waals surface area contributed by atoms with Crippen LogP contribution in [0.15, 0.2) is 22.7 Å². The molecule has 0 aromatic heterocycles. The zero-order valence-corrected chi connectivity index (χ0v) is 10.5. The maximum Gasteiger partial charge on any atom is 0.0373 e. The second kappa shape index (κ2) is 6.07. The van der Waals surface area contributed by atoms with Gasteiger partial charge in [-0.15, -0.1) is 0 Å². The average molecular weight is 256 g/mol. The quantitative estimate of drug-likeness (QED) is 0.831. The summed E-state index contributed by atoms with van der Waals surface area (Å²) in [4.78, 5) is 0. The van der Waals surface area contributed by atoms with E-state index in [4.69, 9.17) is 0 Å². The molecule has 14 heavy (non-hydrogen) atoms. The predicted molar refractivity (Wildman–Crippen MR) is 66.9 cm³/mol. The first-order valence-electron chi connectivity index (χ1n) is 5.30. The van der Waals surface area contributed by atoms with Crippen LogP contribution >= 0.6 is 15.9 Å². The molecule has 0 bridgehead atoms. The van der Waals surface area contributed by atoms with Gasteiger partial charge in [-0.3, -0.25) is 0 Å². The van der Waals surface area contributed by atoms with Gasteiger partial charge < -0.3 is 5.32 Å². The third-order valence-electron chi connectivity index (χ3n) is 2.15. The lowest BCUT2D eigenvalue weighted by Crippen LogP contribution is -2.02. The Hall–Kier alpha value is -0.500. The van der Waals surface area contributed by atoms with Crippen LogP contribution in [0, 0.1) is 0 Å². The summed E-state index contributed by atoms with van der Waals surface area (Å²) < 4.78 is 1.17. The van der Waals surface area contributed by atoms with Crippen LogP contribution in [-0.4, -0.2) is 6.54 Å². The van der Waals surface area contributed by atoms with E-state index >= 15 is 0 Å². The Kier molecular flexibility index (Phi) is 5.02. The van der Waals surface area contributed by atoms with Gasteiger partial charge in [0, 0.05) is 16.7 Å². The van der Waals surface area contributed by atoms with Crippen molar-refractivity contribution in [1.29, 1.82) is 0 Å². The zero-order valence-electron chi connectivity index (χ0n) is 8.94. The minimum atomic E-state index is 1.05. The molecule has 1 rings (SSSR count). The van der Waals surface area contributed by atoms with Crippen LogP contribution in [0.4, 0.5) is 5.69 Å². The summed E-state index contributed by atoms with van der Waals surface area (Å²) in [5.41, 5.74) is 2.70. The number of hydrogen-bond acceptors (Lipinski definition) is 1. The summed E-state index contributed by atoms with van der Waals surface area (Å²) >= 11 is 3.51.